The second kappa shape index (κ2) is 18.7. The Balaban J connectivity index is 1.81. The maximum Gasteiger partial charge on any atom is 0.508 e. The average Bonchev–Trinajstić information content (AvgIpc) is 3.44. The monoisotopic (exact) mass is 704 g/mol. The summed E-state index contributed by atoms with van der Waals surface area (Å²) in [5.41, 5.74) is 1.51. The molecular weight excluding hydrogens is 648 g/mol. The Kier molecular flexibility index (Phi) is 15.1. The first-order valence-electron chi connectivity index (χ1n) is 18.2. The van der Waals surface area contributed by atoms with Crippen LogP contribution in [0, 0.1) is 0 Å². The lowest BCUT2D eigenvalue weighted by Gasteiger charge is -2.52. The Morgan fingerprint density at radius 3 is 2.10 bits per heavy atom. The lowest BCUT2D eigenvalue weighted by Crippen LogP contribution is -2.70. The third-order valence-electron chi connectivity index (χ3n) is 9.08. The van der Waals surface area contributed by atoms with Gasteiger partial charge < -0.3 is 37.9 Å². The fourth-order valence-electron chi connectivity index (χ4n) is 6.40. The summed E-state index contributed by atoms with van der Waals surface area (Å²) in [6.07, 6.45) is 2.15. The van der Waals surface area contributed by atoms with Crippen molar-refractivity contribution in [3.8, 4) is 5.75 Å². The maximum absolute atomic E-state index is 12.9. The van der Waals surface area contributed by atoms with Crippen molar-refractivity contribution >= 4 is 17.8 Å². The highest BCUT2D eigenvalue weighted by Crippen LogP contribution is 2.54. The summed E-state index contributed by atoms with van der Waals surface area (Å²) < 4.78 is 51.1. The van der Waals surface area contributed by atoms with E-state index in [1.165, 1.54) is 0 Å². The van der Waals surface area contributed by atoms with Gasteiger partial charge in [0.05, 0.1) is 19.3 Å². The highest BCUT2D eigenvalue weighted by atomic mass is 35.5. The summed E-state index contributed by atoms with van der Waals surface area (Å²) in [5, 5.41) is 0.627. The van der Waals surface area contributed by atoms with Crippen LogP contribution < -0.4 is 4.74 Å². The minimum atomic E-state index is -1.40. The van der Waals surface area contributed by atoms with E-state index in [-0.39, 0.29) is 12.7 Å². The van der Waals surface area contributed by atoms with E-state index in [2.05, 4.69) is 20.8 Å². The molecule has 0 saturated carbocycles. The molecule has 6 atom stereocenters. The summed E-state index contributed by atoms with van der Waals surface area (Å²) in [6.45, 7) is 15.9. The van der Waals surface area contributed by atoms with Crippen LogP contribution in [0.15, 0.2) is 42.5 Å². The molecule has 2 fully saturated rings. The summed E-state index contributed by atoms with van der Waals surface area (Å²) in [7, 11) is 0. The van der Waals surface area contributed by atoms with Crippen LogP contribution in [0.5, 0.6) is 5.75 Å². The van der Waals surface area contributed by atoms with Crippen molar-refractivity contribution < 1.29 is 42.7 Å². The van der Waals surface area contributed by atoms with E-state index < -0.39 is 42.0 Å². The van der Waals surface area contributed by atoms with Crippen molar-refractivity contribution in [2.24, 2.45) is 0 Å². The first kappa shape index (κ1) is 39.4. The molecule has 0 radical (unpaired) electrons. The van der Waals surface area contributed by atoms with Crippen LogP contribution in [0.3, 0.4) is 0 Å². The van der Waals surface area contributed by atoms with Crippen LogP contribution in [0.1, 0.15) is 104 Å². The molecule has 0 aromatic heterocycles. The van der Waals surface area contributed by atoms with E-state index >= 15 is 0 Å². The number of fused-ring (bicyclic) bond motifs is 2. The molecule has 4 rings (SSSR count). The molecule has 0 amide bonds. The summed E-state index contributed by atoms with van der Waals surface area (Å²) in [6, 6.07) is 13.9. The third kappa shape index (κ3) is 9.48. The van der Waals surface area contributed by atoms with E-state index in [1.54, 1.807) is 20.8 Å². The molecule has 1 unspecified atom stereocenters. The number of halogens is 1. The number of unbranched alkanes of at least 4 members (excludes halogenated alkanes) is 3. The number of rotatable bonds is 20. The van der Waals surface area contributed by atoms with Gasteiger partial charge in [-0.1, -0.05) is 69.8 Å². The van der Waals surface area contributed by atoms with Gasteiger partial charge in [-0.25, -0.2) is 4.79 Å². The van der Waals surface area contributed by atoms with E-state index in [4.69, 9.17) is 49.5 Å². The van der Waals surface area contributed by atoms with Gasteiger partial charge in [0.1, 0.15) is 30.2 Å². The second-order valence-electron chi connectivity index (χ2n) is 13.2. The molecule has 274 valence electrons. The van der Waals surface area contributed by atoms with Crippen molar-refractivity contribution in [1.82, 2.24) is 0 Å². The number of carbonyl (C=O) groups is 1. The predicted molar refractivity (Wildman–Crippen MR) is 189 cm³/mol. The van der Waals surface area contributed by atoms with E-state index in [0.29, 0.717) is 37.9 Å². The zero-order valence-electron chi connectivity index (χ0n) is 30.5. The molecule has 2 aromatic rings. The van der Waals surface area contributed by atoms with Crippen molar-refractivity contribution in [1.29, 1.82) is 0 Å². The largest absolute Gasteiger partial charge is 0.508 e. The Hall–Kier alpha value is -2.40. The highest BCUT2D eigenvalue weighted by Gasteiger charge is 2.71. The lowest BCUT2D eigenvalue weighted by molar-refractivity contribution is -0.355. The van der Waals surface area contributed by atoms with Gasteiger partial charge in [0, 0.05) is 30.4 Å². The van der Waals surface area contributed by atoms with Crippen LogP contribution in [0.4, 0.5) is 4.79 Å². The Morgan fingerprint density at radius 2 is 1.49 bits per heavy atom. The van der Waals surface area contributed by atoms with Crippen molar-refractivity contribution in [2.45, 2.75) is 135 Å². The maximum atomic E-state index is 12.9. The predicted octanol–water partition coefficient (Wildman–Crippen LogP) is 8.79. The topological polar surface area (TPSA) is 90.9 Å². The summed E-state index contributed by atoms with van der Waals surface area (Å²) >= 11 is 6.83. The van der Waals surface area contributed by atoms with Gasteiger partial charge in [0.25, 0.3) is 0 Å². The van der Waals surface area contributed by atoms with Gasteiger partial charge >= 0.3 is 6.16 Å². The molecular formula is C39H57ClO9. The molecule has 2 bridgehead atoms. The molecule has 0 N–H and O–H groups in total. The van der Waals surface area contributed by atoms with Gasteiger partial charge in [-0.3, -0.25) is 0 Å². The van der Waals surface area contributed by atoms with Gasteiger partial charge in [-0.15, -0.1) is 0 Å². The fourth-order valence-corrected chi connectivity index (χ4v) is 6.59. The van der Waals surface area contributed by atoms with Crippen molar-refractivity contribution in [3.63, 3.8) is 0 Å². The van der Waals surface area contributed by atoms with Gasteiger partial charge in [0.2, 0.25) is 5.79 Å². The van der Waals surface area contributed by atoms with Crippen LogP contribution in [-0.4, -0.2) is 75.3 Å². The zero-order valence-corrected chi connectivity index (χ0v) is 31.2. The van der Waals surface area contributed by atoms with E-state index in [1.807, 2.05) is 49.4 Å². The zero-order chi connectivity index (χ0) is 35.4. The van der Waals surface area contributed by atoms with E-state index in [0.717, 1.165) is 61.0 Å². The Morgan fingerprint density at radius 1 is 0.857 bits per heavy atom. The fraction of sp³-hybridized carbons (Fsp3) is 0.667. The van der Waals surface area contributed by atoms with Crippen LogP contribution in [0.25, 0.3) is 0 Å². The molecule has 2 saturated heterocycles. The third-order valence-corrected chi connectivity index (χ3v) is 9.44. The van der Waals surface area contributed by atoms with Gasteiger partial charge in [-0.2, -0.15) is 0 Å². The second-order valence-corrected chi connectivity index (χ2v) is 13.6. The van der Waals surface area contributed by atoms with Gasteiger partial charge in [-0.05, 0) is 88.8 Å². The highest BCUT2D eigenvalue weighted by molar-refractivity contribution is 6.31. The quantitative estimate of drug-likeness (QED) is 0.0991. The lowest BCUT2D eigenvalue weighted by atomic mass is 9.80. The SMILES string of the molecule is CCCCO[C@@H]1[C@@H](OCCCC)[C@@]2(c3ccc(Cl)c(Cc4ccc(OCC)cc4)c3)OC[C@](C(C)OC(=O)OC(C)C)(O2)[C@H]1OCCCC. The van der Waals surface area contributed by atoms with Crippen LogP contribution in [-0.2, 0) is 45.4 Å². The standard InChI is InChI=1S/C39H57ClO9/c1-8-12-21-43-34-35(44-22-13-9-2)38(28(7)48-37(41)47-27(5)6)26-46-39(49-38,36(34)45-23-14-10-3)31-17-20-33(40)30(25-31)24-29-15-18-32(19-16-29)42-11-4/h15-20,25,27-28,34-36H,8-14,21-24,26H2,1-7H3/t28?,34-,35-,36+,38+,39-/m0/s1. The Labute approximate surface area is 298 Å². The van der Waals surface area contributed by atoms with Gasteiger partial charge in [0.15, 0.2) is 5.60 Å². The molecule has 2 aromatic carbocycles. The normalized spacial score (nSPS) is 25.4. The number of ether oxygens (including phenoxy) is 8. The van der Waals surface area contributed by atoms with Crippen molar-refractivity contribution in [2.75, 3.05) is 33.0 Å². The van der Waals surface area contributed by atoms with E-state index in [9.17, 15) is 4.79 Å². The molecule has 2 aliphatic heterocycles. The Bertz CT molecular complexity index is 1300. The molecule has 9 nitrogen and oxygen atoms in total. The number of carbonyl (C=O) groups excluding carboxylic acids is 1. The summed E-state index contributed by atoms with van der Waals surface area (Å²) in [5.74, 6) is -0.575. The molecule has 0 spiro atoms. The number of hydrogen-bond donors (Lipinski definition) is 0. The first-order valence-corrected chi connectivity index (χ1v) is 18.6. The number of benzene rings is 2. The smallest absolute Gasteiger partial charge is 0.494 e. The minimum Gasteiger partial charge on any atom is -0.494 e. The average molecular weight is 705 g/mol. The molecule has 0 aliphatic carbocycles. The number of hydrogen-bond acceptors (Lipinski definition) is 9. The minimum absolute atomic E-state index is 0.0814. The van der Waals surface area contributed by atoms with Crippen LogP contribution >= 0.6 is 11.6 Å². The molecule has 10 heteroatoms. The van der Waals surface area contributed by atoms with Crippen LogP contribution in [0.2, 0.25) is 5.02 Å². The first-order chi connectivity index (χ1) is 23.6. The summed E-state index contributed by atoms with van der Waals surface area (Å²) in [4.78, 5) is 12.9. The van der Waals surface area contributed by atoms with Crippen molar-refractivity contribution in [3.05, 3.63) is 64.2 Å². The molecule has 2 aliphatic rings. The molecule has 49 heavy (non-hydrogen) atoms. The molecule has 2 heterocycles.